The first-order valence-electron chi connectivity index (χ1n) is 11.0. The highest BCUT2D eigenvalue weighted by atomic mass is 16.5. The number of benzene rings is 3. The molecular weight excluding hydrogens is 432 g/mol. The molecule has 0 saturated carbocycles. The molecule has 0 saturated heterocycles. The van der Waals surface area contributed by atoms with Crippen LogP contribution in [0.3, 0.4) is 0 Å². The fraction of sp³-hybridized carbons (Fsp3) is 0.179. The second kappa shape index (κ2) is 9.75. The number of hydrogen-bond donors (Lipinski definition) is 0. The fourth-order valence-corrected chi connectivity index (χ4v) is 3.76. The first-order chi connectivity index (χ1) is 16.4. The fourth-order valence-electron chi connectivity index (χ4n) is 3.76. The second-order valence-corrected chi connectivity index (χ2v) is 7.82. The van der Waals surface area contributed by atoms with Crippen molar-refractivity contribution in [3.05, 3.63) is 99.2 Å². The van der Waals surface area contributed by atoms with Crippen molar-refractivity contribution in [1.29, 1.82) is 0 Å². The maximum atomic E-state index is 13.1. The van der Waals surface area contributed by atoms with Crippen LogP contribution in [0.2, 0.25) is 0 Å². The molecule has 4 rings (SSSR count). The van der Waals surface area contributed by atoms with Crippen LogP contribution in [-0.2, 0) is 11.3 Å². The molecule has 0 spiro atoms. The van der Waals surface area contributed by atoms with E-state index in [1.807, 2.05) is 37.3 Å². The third kappa shape index (κ3) is 4.48. The predicted molar refractivity (Wildman–Crippen MR) is 129 cm³/mol. The van der Waals surface area contributed by atoms with E-state index in [4.69, 9.17) is 13.9 Å². The van der Waals surface area contributed by atoms with E-state index in [2.05, 4.69) is 0 Å². The van der Waals surface area contributed by atoms with Crippen LogP contribution in [0.4, 0.5) is 0 Å². The molecule has 0 N–H and O–H groups in total. The van der Waals surface area contributed by atoms with Crippen LogP contribution in [0.15, 0.2) is 75.9 Å². The standard InChI is InChI=1S/C28H24O6/c1-4-32-24-14-13-20(18(3)29)15-21(24)16-33-28(31)23-12-8-11-22-25(30)17(2)26(34-27(22)23)19-9-6-5-7-10-19/h5-15H,4,16H2,1-3H3. The zero-order valence-electron chi connectivity index (χ0n) is 19.2. The normalized spacial score (nSPS) is 10.8. The summed E-state index contributed by atoms with van der Waals surface area (Å²) in [6, 6.07) is 19.1. The summed E-state index contributed by atoms with van der Waals surface area (Å²) in [4.78, 5) is 37.9. The summed E-state index contributed by atoms with van der Waals surface area (Å²) in [6.45, 7) is 5.34. The Balaban J connectivity index is 1.72. The SMILES string of the molecule is CCOc1ccc(C(C)=O)cc1COC(=O)c1cccc2c(=O)c(C)c(-c3ccccc3)oc12. The van der Waals surface area contributed by atoms with Crippen LogP contribution in [-0.4, -0.2) is 18.4 Å². The van der Waals surface area contributed by atoms with Gasteiger partial charge in [0.1, 0.15) is 23.7 Å². The van der Waals surface area contributed by atoms with Crippen molar-refractivity contribution in [1.82, 2.24) is 0 Å². The first-order valence-corrected chi connectivity index (χ1v) is 11.0. The third-order valence-corrected chi connectivity index (χ3v) is 5.53. The van der Waals surface area contributed by atoms with Gasteiger partial charge in [-0.05, 0) is 51.1 Å². The largest absolute Gasteiger partial charge is 0.493 e. The van der Waals surface area contributed by atoms with Gasteiger partial charge in [-0.1, -0.05) is 36.4 Å². The van der Waals surface area contributed by atoms with Gasteiger partial charge in [-0.2, -0.15) is 0 Å². The summed E-state index contributed by atoms with van der Waals surface area (Å²) in [5, 5.41) is 0.306. The summed E-state index contributed by atoms with van der Waals surface area (Å²) in [7, 11) is 0. The van der Waals surface area contributed by atoms with E-state index in [9.17, 15) is 14.4 Å². The van der Waals surface area contributed by atoms with Gasteiger partial charge in [-0.15, -0.1) is 0 Å². The van der Waals surface area contributed by atoms with E-state index in [-0.39, 0.29) is 29.0 Å². The Bertz CT molecular complexity index is 1430. The van der Waals surface area contributed by atoms with Crippen LogP contribution in [0.1, 0.15) is 45.7 Å². The molecule has 1 aromatic heterocycles. The zero-order chi connectivity index (χ0) is 24.2. The maximum absolute atomic E-state index is 13.1. The molecule has 0 amide bonds. The number of carbonyl (C=O) groups is 2. The van der Waals surface area contributed by atoms with E-state index in [0.717, 1.165) is 5.56 Å². The molecule has 0 aliphatic heterocycles. The highest BCUT2D eigenvalue weighted by Gasteiger charge is 2.20. The van der Waals surface area contributed by atoms with Crippen molar-refractivity contribution in [3.63, 3.8) is 0 Å². The number of Topliss-reactive ketones (excluding diaryl/α,β-unsaturated/α-hetero) is 1. The lowest BCUT2D eigenvalue weighted by Crippen LogP contribution is -2.12. The molecule has 0 fully saturated rings. The van der Waals surface area contributed by atoms with Gasteiger partial charge in [0.2, 0.25) is 0 Å². The Morgan fingerprint density at radius 3 is 2.44 bits per heavy atom. The number of hydrogen-bond acceptors (Lipinski definition) is 6. The number of rotatable bonds is 7. The molecule has 34 heavy (non-hydrogen) atoms. The van der Waals surface area contributed by atoms with Crippen LogP contribution >= 0.6 is 0 Å². The topological polar surface area (TPSA) is 82.8 Å². The van der Waals surface area contributed by atoms with Gasteiger partial charge < -0.3 is 13.9 Å². The van der Waals surface area contributed by atoms with Gasteiger partial charge in [-0.25, -0.2) is 4.79 Å². The minimum atomic E-state index is -0.646. The summed E-state index contributed by atoms with van der Waals surface area (Å²) in [6.07, 6.45) is 0. The molecule has 0 atom stereocenters. The van der Waals surface area contributed by atoms with Gasteiger partial charge in [0, 0.05) is 22.3 Å². The predicted octanol–water partition coefficient (Wildman–Crippen LogP) is 5.73. The quantitative estimate of drug-likeness (QED) is 0.261. The Kier molecular flexibility index (Phi) is 6.59. The summed E-state index contributed by atoms with van der Waals surface area (Å²) in [5.41, 5.74) is 2.38. The van der Waals surface area contributed by atoms with Crippen LogP contribution in [0.25, 0.3) is 22.3 Å². The molecule has 1 heterocycles. The van der Waals surface area contributed by atoms with Crippen molar-refractivity contribution in [2.45, 2.75) is 27.4 Å². The molecule has 3 aromatic carbocycles. The Hall–Kier alpha value is -4.19. The van der Waals surface area contributed by atoms with Gasteiger partial charge in [0.15, 0.2) is 16.8 Å². The first kappa shape index (κ1) is 23.0. The molecule has 0 bridgehead atoms. The minimum Gasteiger partial charge on any atom is -0.493 e. The number of ketones is 1. The van der Waals surface area contributed by atoms with Crippen LogP contribution < -0.4 is 10.2 Å². The molecule has 6 nitrogen and oxygen atoms in total. The molecule has 0 aliphatic rings. The van der Waals surface area contributed by atoms with E-state index in [1.165, 1.54) is 6.92 Å². The average Bonchev–Trinajstić information content (AvgIpc) is 2.85. The van der Waals surface area contributed by atoms with E-state index < -0.39 is 5.97 Å². The summed E-state index contributed by atoms with van der Waals surface area (Å²) < 4.78 is 17.3. The van der Waals surface area contributed by atoms with Crippen LogP contribution in [0, 0.1) is 6.92 Å². The second-order valence-electron chi connectivity index (χ2n) is 7.82. The Labute approximate surface area is 196 Å². The van der Waals surface area contributed by atoms with E-state index >= 15 is 0 Å². The summed E-state index contributed by atoms with van der Waals surface area (Å²) in [5.74, 6) is 0.195. The molecule has 0 unspecified atom stereocenters. The Morgan fingerprint density at radius 2 is 1.74 bits per heavy atom. The zero-order valence-corrected chi connectivity index (χ0v) is 19.2. The molecular formula is C28H24O6. The van der Waals surface area contributed by atoms with E-state index in [1.54, 1.807) is 43.3 Å². The number of esters is 1. The molecule has 6 heteroatoms. The van der Waals surface area contributed by atoms with Gasteiger partial charge in [-0.3, -0.25) is 9.59 Å². The average molecular weight is 456 g/mol. The number of para-hydroxylation sites is 1. The third-order valence-electron chi connectivity index (χ3n) is 5.53. The van der Waals surface area contributed by atoms with Crippen molar-refractivity contribution in [2.75, 3.05) is 6.61 Å². The molecule has 0 radical (unpaired) electrons. The van der Waals surface area contributed by atoms with Crippen molar-refractivity contribution >= 4 is 22.7 Å². The number of carbonyl (C=O) groups excluding carboxylic acids is 2. The summed E-state index contributed by atoms with van der Waals surface area (Å²) >= 11 is 0. The number of fused-ring (bicyclic) bond motifs is 1. The van der Waals surface area contributed by atoms with Crippen molar-refractivity contribution in [3.8, 4) is 17.1 Å². The van der Waals surface area contributed by atoms with Gasteiger partial charge in [0.05, 0.1) is 12.0 Å². The lowest BCUT2D eigenvalue weighted by Gasteiger charge is -2.13. The highest BCUT2D eigenvalue weighted by molar-refractivity contribution is 6.02. The maximum Gasteiger partial charge on any atom is 0.342 e. The van der Waals surface area contributed by atoms with Gasteiger partial charge in [0.25, 0.3) is 0 Å². The lowest BCUT2D eigenvalue weighted by atomic mass is 10.0. The highest BCUT2D eigenvalue weighted by Crippen LogP contribution is 2.28. The van der Waals surface area contributed by atoms with Gasteiger partial charge >= 0.3 is 5.97 Å². The molecule has 4 aromatic rings. The lowest BCUT2D eigenvalue weighted by molar-refractivity contribution is 0.0470. The van der Waals surface area contributed by atoms with Crippen molar-refractivity contribution < 1.29 is 23.5 Å². The van der Waals surface area contributed by atoms with Crippen LogP contribution in [0.5, 0.6) is 5.75 Å². The Morgan fingerprint density at radius 1 is 0.971 bits per heavy atom. The minimum absolute atomic E-state index is 0.102. The molecule has 172 valence electrons. The monoisotopic (exact) mass is 456 g/mol. The number of ether oxygens (including phenoxy) is 2. The smallest absolute Gasteiger partial charge is 0.342 e. The van der Waals surface area contributed by atoms with E-state index in [0.29, 0.717) is 40.2 Å². The van der Waals surface area contributed by atoms with Crippen molar-refractivity contribution in [2.24, 2.45) is 0 Å². The molecule has 0 aliphatic carbocycles.